The number of hydrogen-bond acceptors (Lipinski definition) is 5. The van der Waals surface area contributed by atoms with E-state index in [9.17, 15) is 4.79 Å². The number of rotatable bonds is 3. The summed E-state index contributed by atoms with van der Waals surface area (Å²) in [6.07, 6.45) is -0.118. The van der Waals surface area contributed by atoms with Crippen LogP contribution < -0.4 is 15.5 Å². The van der Waals surface area contributed by atoms with Crippen LogP contribution in [0.5, 0.6) is 0 Å². The summed E-state index contributed by atoms with van der Waals surface area (Å²) in [6.45, 7) is 5.89. The van der Waals surface area contributed by atoms with Gasteiger partial charge in [0.1, 0.15) is 11.5 Å². The Bertz CT molecular complexity index is 923. The van der Waals surface area contributed by atoms with Gasteiger partial charge in [0.15, 0.2) is 0 Å². The summed E-state index contributed by atoms with van der Waals surface area (Å²) in [5.74, 6) is 0.133. The van der Waals surface area contributed by atoms with E-state index in [2.05, 4.69) is 87.4 Å². The molecule has 3 unspecified atom stereocenters. The summed E-state index contributed by atoms with van der Waals surface area (Å²) < 4.78 is 0. The highest BCUT2D eigenvalue weighted by Gasteiger charge is 2.43. The molecule has 0 radical (unpaired) electrons. The summed E-state index contributed by atoms with van der Waals surface area (Å²) in [5, 5.41) is 9.01. The zero-order valence-electron chi connectivity index (χ0n) is 16.5. The lowest BCUT2D eigenvalue weighted by Gasteiger charge is -2.44. The third-order valence-corrected chi connectivity index (χ3v) is 7.28. The molecule has 3 aliphatic heterocycles. The van der Waals surface area contributed by atoms with Crippen molar-refractivity contribution in [1.29, 1.82) is 0 Å². The summed E-state index contributed by atoms with van der Waals surface area (Å²) in [6, 6.07) is 19.0. The number of aryl methyl sites for hydroxylation is 1. The van der Waals surface area contributed by atoms with Gasteiger partial charge >= 0.3 is 0 Å². The molecule has 29 heavy (non-hydrogen) atoms. The number of hydrogen-bond donors (Lipinski definition) is 2. The van der Waals surface area contributed by atoms with Crippen LogP contribution in [0.15, 0.2) is 60.0 Å². The number of nitrogens with one attached hydrogen (secondary N) is 2. The average molecular weight is 407 g/mol. The smallest absolute Gasteiger partial charge is 0.237 e. The monoisotopic (exact) mass is 406 g/mol. The summed E-state index contributed by atoms with van der Waals surface area (Å²) in [5.41, 5.74) is 4.99. The molecule has 0 bridgehead atoms. The van der Waals surface area contributed by atoms with Gasteiger partial charge < -0.3 is 10.2 Å². The number of para-hydroxylation sites is 1. The molecule has 0 spiro atoms. The highest BCUT2D eigenvalue weighted by Crippen LogP contribution is 2.39. The standard InChI is InChI=1S/C23H26N4OS/c1-16-7-5-6-10-18(16)19-15-29-21-20(19)24-23(25-22(21)28)27-13-11-26(12-14-27)17-8-3-2-4-9-17/h2-10,15,20-21,23-24H,11-14H2,1H3,(H,25,28). The van der Waals surface area contributed by atoms with Gasteiger partial charge in [-0.05, 0) is 41.2 Å². The van der Waals surface area contributed by atoms with E-state index in [1.165, 1.54) is 22.4 Å². The zero-order chi connectivity index (χ0) is 19.8. The van der Waals surface area contributed by atoms with Crippen molar-refractivity contribution in [3.8, 4) is 0 Å². The third kappa shape index (κ3) is 3.56. The van der Waals surface area contributed by atoms with Crippen molar-refractivity contribution in [2.75, 3.05) is 31.1 Å². The number of carbonyl (C=O) groups is 1. The minimum Gasteiger partial charge on any atom is -0.369 e. The van der Waals surface area contributed by atoms with Gasteiger partial charge in [-0.25, -0.2) is 0 Å². The SMILES string of the molecule is Cc1ccccc1C1=CSC2C(=O)NC(N3CCN(c4ccccc4)CC3)NC12. The van der Waals surface area contributed by atoms with E-state index in [1.54, 1.807) is 11.8 Å². The fraction of sp³-hybridized carbons (Fsp3) is 0.348. The number of thioether (sulfide) groups is 1. The van der Waals surface area contributed by atoms with Crippen LogP contribution in [0.25, 0.3) is 5.57 Å². The maximum atomic E-state index is 12.8. The molecule has 0 saturated carbocycles. The molecular weight excluding hydrogens is 380 g/mol. The fourth-order valence-electron chi connectivity index (χ4n) is 4.48. The molecule has 2 aromatic carbocycles. The van der Waals surface area contributed by atoms with E-state index in [1.807, 2.05) is 0 Å². The lowest BCUT2D eigenvalue weighted by molar-refractivity contribution is -0.125. The Kier molecular flexibility index (Phi) is 5.08. The first-order valence-corrected chi connectivity index (χ1v) is 11.2. The minimum absolute atomic E-state index is 0.0482. The summed E-state index contributed by atoms with van der Waals surface area (Å²) in [7, 11) is 0. The molecule has 5 rings (SSSR count). The van der Waals surface area contributed by atoms with Gasteiger partial charge in [-0.3, -0.25) is 15.0 Å². The maximum absolute atomic E-state index is 12.8. The second-order valence-electron chi connectivity index (χ2n) is 7.86. The first kappa shape index (κ1) is 18.7. The van der Waals surface area contributed by atoms with Crippen LogP contribution in [-0.2, 0) is 4.79 Å². The number of anilines is 1. The van der Waals surface area contributed by atoms with E-state index in [-0.39, 0.29) is 23.5 Å². The van der Waals surface area contributed by atoms with Crippen LogP contribution in [-0.4, -0.2) is 54.6 Å². The number of nitrogens with zero attached hydrogens (tertiary/aromatic N) is 2. The highest BCUT2D eigenvalue weighted by molar-refractivity contribution is 8.04. The molecular formula is C23H26N4OS. The number of carbonyl (C=O) groups excluding carboxylic acids is 1. The normalized spacial score (nSPS) is 27.3. The first-order chi connectivity index (χ1) is 14.2. The van der Waals surface area contributed by atoms with E-state index in [0.29, 0.717) is 0 Å². The Labute approximate surface area is 176 Å². The molecule has 5 nitrogen and oxygen atoms in total. The molecule has 2 aromatic rings. The zero-order valence-corrected chi connectivity index (χ0v) is 17.4. The molecule has 0 aliphatic carbocycles. The third-order valence-electron chi connectivity index (χ3n) is 6.11. The molecule has 3 atom stereocenters. The van der Waals surface area contributed by atoms with Crippen molar-refractivity contribution in [2.45, 2.75) is 24.5 Å². The van der Waals surface area contributed by atoms with Crippen LogP contribution in [0.4, 0.5) is 5.69 Å². The molecule has 2 saturated heterocycles. The Balaban J connectivity index is 1.29. The average Bonchev–Trinajstić information content (AvgIpc) is 3.19. The van der Waals surface area contributed by atoms with Crippen molar-refractivity contribution in [1.82, 2.24) is 15.5 Å². The minimum atomic E-state index is -0.118. The van der Waals surface area contributed by atoms with E-state index < -0.39 is 0 Å². The summed E-state index contributed by atoms with van der Waals surface area (Å²) >= 11 is 1.63. The van der Waals surface area contributed by atoms with Gasteiger partial charge in [0.2, 0.25) is 5.91 Å². The topological polar surface area (TPSA) is 47.6 Å². The predicted octanol–water partition coefficient (Wildman–Crippen LogP) is 2.65. The van der Waals surface area contributed by atoms with Crippen LogP contribution in [0.2, 0.25) is 0 Å². The molecule has 0 aromatic heterocycles. The number of amides is 1. The lowest BCUT2D eigenvalue weighted by atomic mass is 9.93. The lowest BCUT2D eigenvalue weighted by Crippen LogP contribution is -2.69. The Morgan fingerprint density at radius 2 is 1.69 bits per heavy atom. The Hall–Kier alpha value is -2.28. The predicted molar refractivity (Wildman–Crippen MR) is 120 cm³/mol. The van der Waals surface area contributed by atoms with E-state index in [0.717, 1.165) is 26.2 Å². The van der Waals surface area contributed by atoms with Crippen LogP contribution in [0, 0.1) is 6.92 Å². The number of fused-ring (bicyclic) bond motifs is 1. The highest BCUT2D eigenvalue weighted by atomic mass is 32.2. The van der Waals surface area contributed by atoms with Crippen molar-refractivity contribution in [2.24, 2.45) is 0 Å². The Morgan fingerprint density at radius 3 is 2.45 bits per heavy atom. The van der Waals surface area contributed by atoms with E-state index in [4.69, 9.17) is 0 Å². The van der Waals surface area contributed by atoms with Crippen LogP contribution >= 0.6 is 11.8 Å². The van der Waals surface area contributed by atoms with Crippen molar-refractivity contribution >= 4 is 28.9 Å². The molecule has 6 heteroatoms. The molecule has 150 valence electrons. The first-order valence-electron chi connectivity index (χ1n) is 10.2. The molecule has 3 aliphatic rings. The van der Waals surface area contributed by atoms with Crippen LogP contribution in [0.1, 0.15) is 11.1 Å². The largest absolute Gasteiger partial charge is 0.369 e. The quantitative estimate of drug-likeness (QED) is 0.821. The summed E-state index contributed by atoms with van der Waals surface area (Å²) in [4.78, 5) is 17.6. The molecule has 1 amide bonds. The molecule has 2 fully saturated rings. The van der Waals surface area contributed by atoms with Crippen molar-refractivity contribution in [3.05, 3.63) is 71.1 Å². The van der Waals surface area contributed by atoms with Gasteiger partial charge in [0.25, 0.3) is 0 Å². The number of piperazine rings is 1. The van der Waals surface area contributed by atoms with E-state index >= 15 is 0 Å². The maximum Gasteiger partial charge on any atom is 0.237 e. The second kappa shape index (κ2) is 7.86. The second-order valence-corrected chi connectivity index (χ2v) is 8.87. The van der Waals surface area contributed by atoms with Gasteiger partial charge in [-0.15, -0.1) is 11.8 Å². The molecule has 2 N–H and O–H groups in total. The fourth-order valence-corrected chi connectivity index (χ4v) is 5.62. The van der Waals surface area contributed by atoms with Gasteiger partial charge in [-0.1, -0.05) is 42.5 Å². The van der Waals surface area contributed by atoms with Gasteiger partial charge in [-0.2, -0.15) is 0 Å². The Morgan fingerprint density at radius 1 is 0.966 bits per heavy atom. The number of benzene rings is 2. The van der Waals surface area contributed by atoms with Crippen molar-refractivity contribution < 1.29 is 4.79 Å². The van der Waals surface area contributed by atoms with Gasteiger partial charge in [0, 0.05) is 31.9 Å². The molecule has 3 heterocycles. The van der Waals surface area contributed by atoms with Crippen molar-refractivity contribution in [3.63, 3.8) is 0 Å². The van der Waals surface area contributed by atoms with Gasteiger partial charge in [0.05, 0.1) is 6.04 Å². The van der Waals surface area contributed by atoms with Crippen LogP contribution in [0.3, 0.4) is 0 Å².